The van der Waals surface area contributed by atoms with E-state index in [0.717, 1.165) is 31.4 Å². The third kappa shape index (κ3) is 3.40. The van der Waals surface area contributed by atoms with E-state index in [1.807, 2.05) is 6.07 Å². The molecule has 1 atom stereocenters. The Morgan fingerprint density at radius 3 is 2.83 bits per heavy atom. The molecule has 5 nitrogen and oxygen atoms in total. The zero-order valence-corrected chi connectivity index (χ0v) is 11.8. The van der Waals surface area contributed by atoms with Gasteiger partial charge in [0, 0.05) is 12.6 Å². The molecule has 0 N–H and O–H groups in total. The lowest BCUT2D eigenvalue weighted by Crippen LogP contribution is -2.34. The number of halogens is 1. The summed E-state index contributed by atoms with van der Waals surface area (Å²) in [6, 6.07) is 3.62. The molecule has 0 bridgehead atoms. The van der Waals surface area contributed by atoms with E-state index in [1.54, 1.807) is 10.4 Å². The number of aryl methyl sites for hydroxylation is 1. The van der Waals surface area contributed by atoms with E-state index in [9.17, 15) is 8.42 Å². The lowest BCUT2D eigenvalue weighted by Gasteiger charge is -2.21. The number of sulfonamides is 1. The summed E-state index contributed by atoms with van der Waals surface area (Å²) in [6.45, 7) is 0.635. The normalized spacial score (nSPS) is 21.3. The van der Waals surface area contributed by atoms with Crippen molar-refractivity contribution in [2.75, 3.05) is 12.8 Å². The topological polar surface area (TPSA) is 63.2 Å². The van der Waals surface area contributed by atoms with Crippen LogP contribution in [0.4, 0.5) is 0 Å². The van der Waals surface area contributed by atoms with Crippen LogP contribution in [0.1, 0.15) is 25.0 Å². The van der Waals surface area contributed by atoms with Gasteiger partial charge in [-0.1, -0.05) is 11.6 Å². The Morgan fingerprint density at radius 1 is 1.44 bits per heavy atom. The van der Waals surface area contributed by atoms with Crippen LogP contribution >= 0.6 is 11.6 Å². The fourth-order valence-corrected chi connectivity index (χ4v) is 3.64. The van der Waals surface area contributed by atoms with E-state index in [-0.39, 0.29) is 6.04 Å². The summed E-state index contributed by atoms with van der Waals surface area (Å²) in [7, 11) is -3.09. The molecule has 0 radical (unpaired) electrons. The molecular formula is C11H16ClN3O2S. The largest absolute Gasteiger partial charge is 0.212 e. The van der Waals surface area contributed by atoms with Gasteiger partial charge in [-0.3, -0.25) is 0 Å². The van der Waals surface area contributed by atoms with Crippen molar-refractivity contribution in [3.63, 3.8) is 0 Å². The Morgan fingerprint density at radius 2 is 2.22 bits per heavy atom. The van der Waals surface area contributed by atoms with E-state index in [0.29, 0.717) is 11.7 Å². The Bertz CT molecular complexity index is 504. The molecule has 100 valence electrons. The van der Waals surface area contributed by atoms with Crippen LogP contribution in [0.3, 0.4) is 0 Å². The van der Waals surface area contributed by atoms with E-state index >= 15 is 0 Å². The van der Waals surface area contributed by atoms with Crippen LogP contribution in [0.5, 0.6) is 0 Å². The van der Waals surface area contributed by atoms with Gasteiger partial charge >= 0.3 is 0 Å². The zero-order valence-electron chi connectivity index (χ0n) is 10.2. The second kappa shape index (κ2) is 5.50. The fourth-order valence-electron chi connectivity index (χ4n) is 2.33. The highest BCUT2D eigenvalue weighted by Gasteiger charge is 2.30. The maximum Gasteiger partial charge on any atom is 0.211 e. The third-order valence-electron chi connectivity index (χ3n) is 3.17. The molecule has 0 amide bonds. The number of aromatic nitrogens is 2. The lowest BCUT2D eigenvalue weighted by molar-refractivity contribution is 0.372. The summed E-state index contributed by atoms with van der Waals surface area (Å²) in [5.41, 5.74) is 0.847. The first-order valence-electron chi connectivity index (χ1n) is 5.92. The molecular weight excluding hydrogens is 274 g/mol. The number of nitrogens with zero attached hydrogens (tertiary/aromatic N) is 3. The number of rotatable bonds is 4. The molecule has 0 aromatic carbocycles. The van der Waals surface area contributed by atoms with Crippen molar-refractivity contribution in [1.82, 2.24) is 14.5 Å². The van der Waals surface area contributed by atoms with Crippen molar-refractivity contribution < 1.29 is 8.42 Å². The van der Waals surface area contributed by atoms with Crippen LogP contribution < -0.4 is 0 Å². The number of hydrogen-bond donors (Lipinski definition) is 0. The van der Waals surface area contributed by atoms with Gasteiger partial charge in [-0.05, 0) is 37.8 Å². The first kappa shape index (κ1) is 13.7. The van der Waals surface area contributed by atoms with Crippen LogP contribution in [0.15, 0.2) is 12.1 Å². The maximum absolute atomic E-state index is 11.6. The SMILES string of the molecule is CS(=O)(=O)N1CCC[C@@H]1CCc1ccc(Cl)nn1. The molecule has 1 aliphatic rings. The summed E-state index contributed by atoms with van der Waals surface area (Å²) in [4.78, 5) is 0. The molecule has 0 aliphatic carbocycles. The minimum atomic E-state index is -3.09. The second-order valence-electron chi connectivity index (χ2n) is 4.56. The van der Waals surface area contributed by atoms with Gasteiger partial charge in [0.05, 0.1) is 11.9 Å². The fraction of sp³-hybridized carbons (Fsp3) is 0.636. The third-order valence-corrected chi connectivity index (χ3v) is 4.70. The first-order chi connectivity index (χ1) is 8.47. The molecule has 0 unspecified atom stereocenters. The molecule has 1 aliphatic heterocycles. The van der Waals surface area contributed by atoms with Crippen LogP contribution in [0.2, 0.25) is 5.15 Å². The monoisotopic (exact) mass is 289 g/mol. The summed E-state index contributed by atoms with van der Waals surface area (Å²) < 4.78 is 24.8. The van der Waals surface area contributed by atoms with Crippen molar-refractivity contribution in [3.05, 3.63) is 23.0 Å². The molecule has 2 heterocycles. The maximum atomic E-state index is 11.6. The van der Waals surface area contributed by atoms with Crippen molar-refractivity contribution in [1.29, 1.82) is 0 Å². The molecule has 1 aromatic rings. The summed E-state index contributed by atoms with van der Waals surface area (Å²) in [5.74, 6) is 0. The van der Waals surface area contributed by atoms with Gasteiger partial charge in [0.15, 0.2) is 5.15 Å². The smallest absolute Gasteiger partial charge is 0.211 e. The van der Waals surface area contributed by atoms with Gasteiger partial charge in [0.2, 0.25) is 10.0 Å². The predicted octanol–water partition coefficient (Wildman–Crippen LogP) is 1.49. The van der Waals surface area contributed by atoms with Gasteiger partial charge < -0.3 is 0 Å². The minimum absolute atomic E-state index is 0.0949. The van der Waals surface area contributed by atoms with E-state index < -0.39 is 10.0 Å². The molecule has 2 rings (SSSR count). The highest BCUT2D eigenvalue weighted by molar-refractivity contribution is 7.88. The lowest BCUT2D eigenvalue weighted by atomic mass is 10.1. The van der Waals surface area contributed by atoms with E-state index in [1.165, 1.54) is 6.26 Å². The molecule has 0 saturated carbocycles. The standard InChI is InChI=1S/C11H16ClN3O2S/c1-18(16,17)15-8-2-3-10(15)6-4-9-5-7-11(12)14-13-9/h5,7,10H,2-4,6,8H2,1H3/t10-/m1/s1. The molecule has 18 heavy (non-hydrogen) atoms. The highest BCUT2D eigenvalue weighted by atomic mass is 35.5. The average Bonchev–Trinajstić information content (AvgIpc) is 2.76. The second-order valence-corrected chi connectivity index (χ2v) is 6.88. The van der Waals surface area contributed by atoms with Gasteiger partial charge in [0.1, 0.15) is 0 Å². The molecule has 1 aromatic heterocycles. The number of hydrogen-bond acceptors (Lipinski definition) is 4. The van der Waals surface area contributed by atoms with E-state index in [2.05, 4.69) is 10.2 Å². The van der Waals surface area contributed by atoms with Crippen molar-refractivity contribution in [2.45, 2.75) is 31.7 Å². The molecule has 1 fully saturated rings. The molecule has 1 saturated heterocycles. The Hall–Kier alpha value is -0.720. The quantitative estimate of drug-likeness (QED) is 0.842. The van der Waals surface area contributed by atoms with Crippen molar-refractivity contribution in [2.24, 2.45) is 0 Å². The van der Waals surface area contributed by atoms with Gasteiger partial charge in [-0.2, -0.15) is 9.40 Å². The van der Waals surface area contributed by atoms with Crippen LogP contribution in [-0.2, 0) is 16.4 Å². The van der Waals surface area contributed by atoms with Crippen molar-refractivity contribution >= 4 is 21.6 Å². The van der Waals surface area contributed by atoms with Crippen LogP contribution in [-0.4, -0.2) is 41.8 Å². The Kier molecular flexibility index (Phi) is 4.19. The van der Waals surface area contributed by atoms with Crippen LogP contribution in [0.25, 0.3) is 0 Å². The molecule has 7 heteroatoms. The van der Waals surface area contributed by atoms with Gasteiger partial charge in [-0.25, -0.2) is 8.42 Å². The summed E-state index contributed by atoms with van der Waals surface area (Å²) in [5, 5.41) is 8.12. The minimum Gasteiger partial charge on any atom is -0.212 e. The van der Waals surface area contributed by atoms with Gasteiger partial charge in [0.25, 0.3) is 0 Å². The highest BCUT2D eigenvalue weighted by Crippen LogP contribution is 2.23. The molecule has 0 spiro atoms. The van der Waals surface area contributed by atoms with Gasteiger partial charge in [-0.15, -0.1) is 5.10 Å². The predicted molar refractivity (Wildman–Crippen MR) is 69.9 cm³/mol. The average molecular weight is 290 g/mol. The van der Waals surface area contributed by atoms with Crippen LogP contribution in [0, 0.1) is 0 Å². The Balaban J connectivity index is 1.96. The zero-order chi connectivity index (χ0) is 13.2. The van der Waals surface area contributed by atoms with Crippen molar-refractivity contribution in [3.8, 4) is 0 Å². The first-order valence-corrected chi connectivity index (χ1v) is 8.14. The van der Waals surface area contributed by atoms with E-state index in [4.69, 9.17) is 11.6 Å². The summed E-state index contributed by atoms with van der Waals surface area (Å²) in [6.07, 6.45) is 4.63. The Labute approximate surface area is 112 Å². The summed E-state index contributed by atoms with van der Waals surface area (Å²) >= 11 is 5.66.